The van der Waals surface area contributed by atoms with Crippen LogP contribution in [0.2, 0.25) is 0 Å². The molecule has 0 aliphatic carbocycles. The van der Waals surface area contributed by atoms with Gasteiger partial charge in [-0.1, -0.05) is 17.7 Å². The van der Waals surface area contributed by atoms with E-state index in [1.165, 1.54) is 33.4 Å². The van der Waals surface area contributed by atoms with Gasteiger partial charge in [-0.25, -0.2) is 0 Å². The summed E-state index contributed by atoms with van der Waals surface area (Å²) in [6, 6.07) is 0. The summed E-state index contributed by atoms with van der Waals surface area (Å²) in [5, 5.41) is 0. The fraction of sp³-hybridized carbons (Fsp3) is 0.471. The SMILES string of the molecule is C=C(C)/C(C)=C(C)/C(C)=C(\C)C(C)=C(C)C.[CH3-]. The van der Waals surface area contributed by atoms with Crippen molar-refractivity contribution >= 4 is 0 Å². The molecule has 0 aliphatic heterocycles. The Labute approximate surface area is 109 Å². The van der Waals surface area contributed by atoms with Crippen LogP contribution in [0.5, 0.6) is 0 Å². The molecule has 0 aromatic rings. The topological polar surface area (TPSA) is 0 Å². The zero-order valence-corrected chi connectivity index (χ0v) is 13.2. The Hall–Kier alpha value is -1.04. The maximum atomic E-state index is 4.01. The molecule has 0 atom stereocenters. The Balaban J connectivity index is 0. The standard InChI is InChI=1S/C16H26.CH3/c1-10(2)12(5)14(7)16(9)15(8)13(6)11(3)4;/h1H2,2-9H3;1H3/q;-1/b14-12+,16-15+;. The van der Waals surface area contributed by atoms with E-state index in [1.807, 2.05) is 0 Å². The monoisotopic (exact) mass is 233 g/mol. The molecular formula is C17H29-. The summed E-state index contributed by atoms with van der Waals surface area (Å²) in [4.78, 5) is 0. The van der Waals surface area contributed by atoms with Crippen molar-refractivity contribution in [3.05, 3.63) is 53.0 Å². The van der Waals surface area contributed by atoms with Crippen molar-refractivity contribution in [1.29, 1.82) is 0 Å². The van der Waals surface area contributed by atoms with Crippen LogP contribution >= 0.6 is 0 Å². The second-order valence-electron chi connectivity index (χ2n) is 4.91. The molecule has 98 valence electrons. The molecule has 0 radical (unpaired) electrons. The predicted octanol–water partition coefficient (Wildman–Crippen LogP) is 6.04. The Kier molecular flexibility index (Phi) is 7.89. The Bertz CT molecular complexity index is 380. The minimum atomic E-state index is 0. The molecule has 0 aromatic carbocycles. The van der Waals surface area contributed by atoms with Gasteiger partial charge < -0.3 is 7.43 Å². The number of allylic oxidation sites excluding steroid dienone is 7. The molecule has 0 aliphatic rings. The van der Waals surface area contributed by atoms with E-state index in [-0.39, 0.29) is 7.43 Å². The average Bonchev–Trinajstić information content (AvgIpc) is 2.23. The van der Waals surface area contributed by atoms with E-state index in [4.69, 9.17) is 0 Å². The second-order valence-corrected chi connectivity index (χ2v) is 4.91. The van der Waals surface area contributed by atoms with E-state index in [0.29, 0.717) is 0 Å². The molecule has 0 amide bonds. The van der Waals surface area contributed by atoms with Crippen LogP contribution in [0.15, 0.2) is 45.6 Å². The molecular weight excluding hydrogens is 204 g/mol. The molecule has 0 nitrogen and oxygen atoms in total. The summed E-state index contributed by atoms with van der Waals surface area (Å²) in [5.74, 6) is 0. The summed E-state index contributed by atoms with van der Waals surface area (Å²) in [5.41, 5.74) is 9.35. The Morgan fingerprint density at radius 2 is 0.824 bits per heavy atom. The first-order valence-corrected chi connectivity index (χ1v) is 5.85. The van der Waals surface area contributed by atoms with Gasteiger partial charge in [-0.2, -0.15) is 0 Å². The van der Waals surface area contributed by atoms with Crippen LogP contribution in [-0.4, -0.2) is 0 Å². The maximum Gasteiger partial charge on any atom is -0.0392 e. The van der Waals surface area contributed by atoms with E-state index >= 15 is 0 Å². The molecule has 0 unspecified atom stereocenters. The summed E-state index contributed by atoms with van der Waals surface area (Å²) in [6.45, 7) is 21.3. The lowest BCUT2D eigenvalue weighted by Crippen LogP contribution is -1.94. The molecule has 0 saturated carbocycles. The molecule has 0 aromatic heterocycles. The van der Waals surface area contributed by atoms with Gasteiger partial charge in [0.05, 0.1) is 0 Å². The first-order chi connectivity index (χ1) is 7.20. The van der Waals surface area contributed by atoms with Gasteiger partial charge in [-0.15, -0.1) is 0 Å². The van der Waals surface area contributed by atoms with E-state index in [9.17, 15) is 0 Å². The highest BCUT2D eigenvalue weighted by Crippen LogP contribution is 2.25. The van der Waals surface area contributed by atoms with E-state index < -0.39 is 0 Å². The lowest BCUT2D eigenvalue weighted by molar-refractivity contribution is 1.15. The van der Waals surface area contributed by atoms with Crippen LogP contribution < -0.4 is 0 Å². The van der Waals surface area contributed by atoms with Gasteiger partial charge in [0.2, 0.25) is 0 Å². The van der Waals surface area contributed by atoms with Gasteiger partial charge in [0, 0.05) is 0 Å². The fourth-order valence-corrected chi connectivity index (χ4v) is 1.54. The van der Waals surface area contributed by atoms with E-state index in [0.717, 1.165) is 5.57 Å². The summed E-state index contributed by atoms with van der Waals surface area (Å²) in [7, 11) is 0. The van der Waals surface area contributed by atoms with Crippen molar-refractivity contribution in [1.82, 2.24) is 0 Å². The highest BCUT2D eigenvalue weighted by molar-refractivity contribution is 5.47. The normalized spacial score (nSPS) is 13.2. The third kappa shape index (κ3) is 4.77. The first kappa shape index (κ1) is 18.3. The van der Waals surface area contributed by atoms with Gasteiger partial charge in [-0.05, 0) is 83.3 Å². The van der Waals surface area contributed by atoms with Crippen LogP contribution in [0.1, 0.15) is 55.4 Å². The van der Waals surface area contributed by atoms with Crippen molar-refractivity contribution in [2.75, 3.05) is 0 Å². The second kappa shape index (κ2) is 7.32. The van der Waals surface area contributed by atoms with Crippen LogP contribution in [0.4, 0.5) is 0 Å². The quantitative estimate of drug-likeness (QED) is 0.411. The van der Waals surface area contributed by atoms with Crippen molar-refractivity contribution in [2.45, 2.75) is 55.4 Å². The molecule has 0 heterocycles. The first-order valence-electron chi connectivity index (χ1n) is 5.85. The minimum Gasteiger partial charge on any atom is -0.358 e. The van der Waals surface area contributed by atoms with E-state index in [2.05, 4.69) is 62.0 Å². The van der Waals surface area contributed by atoms with Crippen molar-refractivity contribution < 1.29 is 0 Å². The van der Waals surface area contributed by atoms with Gasteiger partial charge in [0.1, 0.15) is 0 Å². The zero-order valence-electron chi connectivity index (χ0n) is 13.2. The molecule has 0 heteroatoms. The van der Waals surface area contributed by atoms with Crippen LogP contribution in [0, 0.1) is 7.43 Å². The molecule has 0 bridgehead atoms. The fourth-order valence-electron chi connectivity index (χ4n) is 1.54. The molecule has 0 fully saturated rings. The molecule has 0 rings (SSSR count). The van der Waals surface area contributed by atoms with Crippen LogP contribution in [0.25, 0.3) is 0 Å². The summed E-state index contributed by atoms with van der Waals surface area (Å²) >= 11 is 0. The Morgan fingerprint density at radius 1 is 0.529 bits per heavy atom. The van der Waals surface area contributed by atoms with Crippen LogP contribution in [-0.2, 0) is 0 Å². The van der Waals surface area contributed by atoms with Crippen molar-refractivity contribution in [3.8, 4) is 0 Å². The highest BCUT2D eigenvalue weighted by Gasteiger charge is 2.05. The minimum absolute atomic E-state index is 0. The number of hydrogen-bond acceptors (Lipinski definition) is 0. The zero-order chi connectivity index (χ0) is 13.0. The average molecular weight is 233 g/mol. The molecule has 17 heavy (non-hydrogen) atoms. The molecule has 0 spiro atoms. The van der Waals surface area contributed by atoms with Gasteiger partial charge in [0.25, 0.3) is 0 Å². The Morgan fingerprint density at radius 3 is 1.12 bits per heavy atom. The third-order valence-corrected chi connectivity index (χ3v) is 3.64. The number of hydrogen-bond donors (Lipinski definition) is 0. The third-order valence-electron chi connectivity index (χ3n) is 3.64. The lowest BCUT2D eigenvalue weighted by atomic mass is 9.92. The predicted molar refractivity (Wildman–Crippen MR) is 82.0 cm³/mol. The largest absolute Gasteiger partial charge is 0.358 e. The van der Waals surface area contributed by atoms with Crippen molar-refractivity contribution in [2.24, 2.45) is 0 Å². The van der Waals surface area contributed by atoms with Crippen molar-refractivity contribution in [3.63, 3.8) is 0 Å². The maximum absolute atomic E-state index is 4.01. The van der Waals surface area contributed by atoms with Crippen LogP contribution in [0.3, 0.4) is 0 Å². The van der Waals surface area contributed by atoms with Gasteiger partial charge in [-0.3, -0.25) is 0 Å². The molecule has 0 saturated heterocycles. The summed E-state index contributed by atoms with van der Waals surface area (Å²) in [6.07, 6.45) is 0. The van der Waals surface area contributed by atoms with E-state index in [1.54, 1.807) is 0 Å². The lowest BCUT2D eigenvalue weighted by Gasteiger charge is -2.14. The molecule has 0 N–H and O–H groups in total. The summed E-state index contributed by atoms with van der Waals surface area (Å²) < 4.78 is 0. The van der Waals surface area contributed by atoms with Gasteiger partial charge in [0.15, 0.2) is 0 Å². The van der Waals surface area contributed by atoms with Gasteiger partial charge >= 0.3 is 0 Å². The smallest absolute Gasteiger partial charge is 0.0392 e. The number of rotatable bonds is 3. The highest BCUT2D eigenvalue weighted by atomic mass is 14.1.